The van der Waals surface area contributed by atoms with Crippen LogP contribution in [0.2, 0.25) is 0 Å². The van der Waals surface area contributed by atoms with Crippen molar-refractivity contribution in [3.8, 4) is 0 Å². The molecule has 2 radical (unpaired) electrons. The molecule has 0 spiro atoms. The van der Waals surface area contributed by atoms with Crippen molar-refractivity contribution in [3.63, 3.8) is 0 Å². The Bertz CT molecular complexity index is 477. The van der Waals surface area contributed by atoms with Gasteiger partial charge in [0.2, 0.25) is 0 Å². The molecule has 0 amide bonds. The quantitative estimate of drug-likeness (QED) is 0.189. The van der Waals surface area contributed by atoms with Crippen molar-refractivity contribution >= 4 is 0 Å². The van der Waals surface area contributed by atoms with Crippen LogP contribution < -0.4 is 16.6 Å². The van der Waals surface area contributed by atoms with Gasteiger partial charge in [0.25, 0.3) is 0 Å². The summed E-state index contributed by atoms with van der Waals surface area (Å²) in [6.07, 6.45) is 0. The van der Waals surface area contributed by atoms with Crippen molar-refractivity contribution in [3.05, 3.63) is 0 Å². The maximum atomic E-state index is 8.82. The second kappa shape index (κ2) is 15.8. The van der Waals surface area contributed by atoms with Crippen molar-refractivity contribution < 1.29 is 152 Å². The van der Waals surface area contributed by atoms with Gasteiger partial charge in [-0.15, -0.1) is 0 Å². The minimum atomic E-state index is -5.75. The van der Waals surface area contributed by atoms with Gasteiger partial charge >= 0.3 is 152 Å². The van der Waals surface area contributed by atoms with E-state index in [1.807, 2.05) is 0 Å². The molecule has 0 aromatic rings. The topological polar surface area (TPSA) is 310 Å². The average Bonchev–Trinajstić information content (AvgIpc) is 1.62. The van der Waals surface area contributed by atoms with Crippen molar-refractivity contribution in [2.45, 2.75) is 0 Å². The molecule has 0 aromatic carbocycles. The number of hydrogen-bond donors (Lipinski definition) is 4. The van der Waals surface area contributed by atoms with E-state index in [1.54, 1.807) is 0 Å². The van der Waals surface area contributed by atoms with Crippen molar-refractivity contribution in [2.75, 3.05) is 0 Å². The molecule has 0 aliphatic carbocycles. The Morgan fingerprint density at radius 1 is 0.455 bits per heavy atom. The summed E-state index contributed by atoms with van der Waals surface area (Å²) in [6.45, 7) is 0. The summed E-state index contributed by atoms with van der Waals surface area (Å²) in [4.78, 5) is 0. The zero-order chi connectivity index (χ0) is 18.0. The van der Waals surface area contributed by atoms with Gasteiger partial charge in [0, 0.05) is 0 Å². The molecule has 0 heterocycles. The van der Waals surface area contributed by atoms with Crippen LogP contribution in [0, 0.1) is 0 Å². The van der Waals surface area contributed by atoms with E-state index >= 15 is 0 Å². The van der Waals surface area contributed by atoms with Crippen molar-refractivity contribution in [1.82, 2.24) is 0 Å². The summed E-state index contributed by atoms with van der Waals surface area (Å²) in [5.74, 6) is 0. The van der Waals surface area contributed by atoms with Crippen LogP contribution in [0.15, 0.2) is 0 Å². The standard InChI is InChI=1S/4Cr.2Cu.4H2O.12O/h;;;;;;4*1H2;;;;;;;;;;;;/q;;4*+2;;;;;;;;;;;;;4*-1/p-4. The molecule has 16 nitrogen and oxygen atoms in total. The van der Waals surface area contributed by atoms with Crippen LogP contribution in [0.4, 0.5) is 0 Å². The third kappa shape index (κ3) is 5590. The molecule has 0 saturated carbocycles. The molecule has 0 aromatic heterocycles. The fourth-order valence-corrected chi connectivity index (χ4v) is 0. The molecule has 22 heavy (non-hydrogen) atoms. The molecule has 4 N–H and O–H groups in total. The molecule has 0 atom stereocenters. The third-order valence-corrected chi connectivity index (χ3v) is 0. The molecule has 22 heteroatoms. The second-order valence-corrected chi connectivity index (χ2v) is 7.06. The van der Waals surface area contributed by atoms with Gasteiger partial charge in [0.05, 0.1) is 0 Å². The van der Waals surface area contributed by atoms with E-state index in [0.717, 1.165) is 0 Å². The predicted octanol–water partition coefficient (Wildman–Crippen LogP) is -7.95. The van der Waals surface area contributed by atoms with Gasteiger partial charge in [-0.2, -0.15) is 0 Å². The van der Waals surface area contributed by atoms with E-state index in [2.05, 4.69) is 0 Å². The molecule has 0 bridgehead atoms. The van der Waals surface area contributed by atoms with E-state index in [-0.39, 0.29) is 34.1 Å². The van der Waals surface area contributed by atoms with Crippen molar-refractivity contribution in [1.29, 1.82) is 0 Å². The van der Waals surface area contributed by atoms with Crippen LogP contribution in [0.3, 0.4) is 0 Å². The first-order valence-electron chi connectivity index (χ1n) is 2.73. The van der Waals surface area contributed by atoms with Crippen LogP contribution in [0.25, 0.3) is 0 Å². The minimum absolute atomic E-state index is 0. The molecule has 0 unspecified atom stereocenters. The van der Waals surface area contributed by atoms with E-state index in [0.29, 0.717) is 0 Å². The average molecular weight is 595 g/mol. The number of rotatable bonds is 0. The Balaban J connectivity index is -0.0000000376. The van der Waals surface area contributed by atoms with Gasteiger partial charge in [0.15, 0.2) is 0 Å². The van der Waals surface area contributed by atoms with E-state index in [1.165, 1.54) is 0 Å². The summed E-state index contributed by atoms with van der Waals surface area (Å²) < 4.78 is 132. The van der Waals surface area contributed by atoms with E-state index in [4.69, 9.17) is 63.7 Å². The van der Waals surface area contributed by atoms with Gasteiger partial charge in [-0.25, -0.2) is 0 Å². The fourth-order valence-electron chi connectivity index (χ4n) is 0. The summed E-state index contributed by atoms with van der Waals surface area (Å²) in [5.41, 5.74) is 0. The molecule has 0 saturated heterocycles. The molecule has 0 rings (SSSR count). The van der Waals surface area contributed by atoms with Gasteiger partial charge in [-0.1, -0.05) is 0 Å². The summed E-state index contributed by atoms with van der Waals surface area (Å²) in [5, 5.41) is 0. The molecule has 0 aliphatic rings. The van der Waals surface area contributed by atoms with Crippen LogP contribution in [0.5, 0.6) is 0 Å². The molecular weight excluding hydrogens is 591 g/mol. The Labute approximate surface area is 151 Å². The molecule has 146 valence electrons. The Morgan fingerprint density at radius 3 is 0.455 bits per heavy atom. The number of hydrogen-bond acceptors (Lipinski definition) is 12. The molecule has 0 fully saturated rings. The van der Waals surface area contributed by atoms with Gasteiger partial charge in [0.1, 0.15) is 0 Å². The predicted molar refractivity (Wildman–Crippen MR) is 14.4 cm³/mol. The zero-order valence-corrected chi connectivity index (χ0v) is 15.9. The summed E-state index contributed by atoms with van der Waals surface area (Å²) in [7, 11) is 0. The third-order valence-electron chi connectivity index (χ3n) is 0. The fraction of sp³-hybridized carbons (Fsp3) is 0. The first-order chi connectivity index (χ1) is 8.00. The van der Waals surface area contributed by atoms with Gasteiger partial charge < -0.3 is 0 Å². The Morgan fingerprint density at radius 2 is 0.455 bits per heavy atom. The van der Waals surface area contributed by atoms with Crippen LogP contribution >= 0.6 is 0 Å². The first kappa shape index (κ1) is 38.7. The molecule has 0 aliphatic heterocycles. The Hall–Kier alpha value is 1.25. The van der Waals surface area contributed by atoms with Gasteiger partial charge in [-0.3, -0.25) is 0 Å². The first-order valence-corrected chi connectivity index (χ1v) is 11.3. The zero-order valence-electron chi connectivity index (χ0n) is 8.92. The second-order valence-electron chi connectivity index (χ2n) is 1.71. The summed E-state index contributed by atoms with van der Waals surface area (Å²) in [6, 6.07) is 0. The van der Waals surface area contributed by atoms with Crippen LogP contribution in [-0.2, 0) is 119 Å². The van der Waals surface area contributed by atoms with Crippen molar-refractivity contribution in [2.24, 2.45) is 0 Å². The van der Waals surface area contributed by atoms with E-state index < -0.39 is 54.5 Å². The normalized spacial score (nSPS) is 10.5. The van der Waals surface area contributed by atoms with Crippen LogP contribution in [0.1, 0.15) is 0 Å². The monoisotopic (exact) mass is 594 g/mol. The maximum absolute atomic E-state index is 8.82. The van der Waals surface area contributed by atoms with E-state index in [9.17, 15) is 0 Å². The Kier molecular flexibility index (Phi) is 27.7. The molecular formula is H4Cr4Cu2O16. The summed E-state index contributed by atoms with van der Waals surface area (Å²) >= 11 is -22.0. The SMILES string of the molecule is [Cu+2].[Cu+2].[O]=[Cr](=[O])([O-])[O-].[O]=[Cr](=[O])([O-])[O-].[O]=[Cr](=[O])([OH])[OH].[O]=[Cr](=[O])([OH])[OH]. The van der Waals surface area contributed by atoms with Crippen LogP contribution in [-0.4, -0.2) is 16.6 Å². The van der Waals surface area contributed by atoms with Gasteiger partial charge in [-0.05, 0) is 0 Å².